The number of ether oxygens (including phenoxy) is 1. The van der Waals surface area contributed by atoms with Gasteiger partial charge in [-0.1, -0.05) is 26.2 Å². The van der Waals surface area contributed by atoms with E-state index < -0.39 is 6.04 Å². The minimum Gasteiger partial charge on any atom is -0.497 e. The van der Waals surface area contributed by atoms with Crippen molar-refractivity contribution in [3.05, 3.63) is 29.5 Å². The molecule has 3 N–H and O–H groups in total. The number of piperidine rings is 1. The van der Waals surface area contributed by atoms with E-state index in [1.54, 1.807) is 7.11 Å². The lowest BCUT2D eigenvalue weighted by atomic mass is 9.68. The van der Waals surface area contributed by atoms with E-state index in [4.69, 9.17) is 4.74 Å². The third-order valence-electron chi connectivity index (χ3n) is 8.69. The molecule has 1 aliphatic carbocycles. The number of benzene rings is 1. The van der Waals surface area contributed by atoms with Gasteiger partial charge in [-0.25, -0.2) is 4.79 Å². The van der Waals surface area contributed by atoms with Crippen molar-refractivity contribution in [2.45, 2.75) is 69.7 Å². The van der Waals surface area contributed by atoms with Gasteiger partial charge in [0.15, 0.2) is 0 Å². The van der Waals surface area contributed by atoms with Crippen molar-refractivity contribution in [1.29, 1.82) is 0 Å². The molecule has 2 aliphatic heterocycles. The van der Waals surface area contributed by atoms with Gasteiger partial charge in [0.1, 0.15) is 5.75 Å². The molecule has 8 nitrogen and oxygen atoms in total. The molecule has 1 aromatic carbocycles. The normalized spacial score (nSPS) is 22.0. The monoisotopic (exact) mass is 496 g/mol. The fraction of sp³-hybridized carbons (Fsp3) is 0.643. The van der Waals surface area contributed by atoms with Crippen molar-refractivity contribution in [2.75, 3.05) is 39.9 Å². The van der Waals surface area contributed by atoms with Crippen molar-refractivity contribution in [3.8, 4) is 5.75 Å². The Kier molecular flexibility index (Phi) is 7.15. The molecule has 1 atom stereocenters. The Hall–Kier alpha value is -2.74. The molecule has 8 heteroatoms. The number of aromatic amines is 1. The molecule has 3 amide bonds. The zero-order valence-electron chi connectivity index (χ0n) is 21.6. The lowest BCUT2D eigenvalue weighted by Gasteiger charge is -2.50. The van der Waals surface area contributed by atoms with Crippen LogP contribution in [-0.4, -0.2) is 71.7 Å². The molecule has 2 fully saturated rings. The second-order valence-corrected chi connectivity index (χ2v) is 10.8. The topological polar surface area (TPSA) is 97.9 Å². The van der Waals surface area contributed by atoms with E-state index in [2.05, 4.69) is 21.3 Å². The number of hydrogen-bond donors (Lipinski definition) is 3. The molecule has 2 aromatic rings. The molecule has 1 aromatic heterocycles. The third-order valence-corrected chi connectivity index (χ3v) is 8.69. The van der Waals surface area contributed by atoms with Crippen LogP contribution in [0.5, 0.6) is 5.75 Å². The van der Waals surface area contributed by atoms with E-state index in [9.17, 15) is 14.7 Å². The maximum Gasteiger partial charge on any atom is 0.318 e. The first kappa shape index (κ1) is 24.9. The summed E-state index contributed by atoms with van der Waals surface area (Å²) in [6.07, 6.45) is 8.02. The highest BCUT2D eigenvalue weighted by Crippen LogP contribution is 2.49. The van der Waals surface area contributed by atoms with Crippen LogP contribution in [0.2, 0.25) is 0 Å². The fourth-order valence-electron chi connectivity index (χ4n) is 6.72. The highest BCUT2D eigenvalue weighted by atomic mass is 16.5. The van der Waals surface area contributed by atoms with E-state index in [-0.39, 0.29) is 24.0 Å². The Morgan fingerprint density at radius 3 is 2.61 bits per heavy atom. The first-order valence-corrected chi connectivity index (χ1v) is 13.7. The van der Waals surface area contributed by atoms with Crippen LogP contribution in [0.25, 0.3) is 10.9 Å². The summed E-state index contributed by atoms with van der Waals surface area (Å²) < 4.78 is 5.46. The van der Waals surface area contributed by atoms with Crippen LogP contribution in [0.1, 0.15) is 75.6 Å². The standard InChI is InChI=1S/C28H40N4O4/c1-3-13-29-27(35)32-18-28(11-14-31(15-12-28)26(34)19-7-5-4-6-8-19)24-21-10-9-20(36-2)16-22(21)30-25(24)23(32)17-33/h9-10,16,19,23,30,33H,3-8,11-15,17-18H2,1-2H3,(H,29,35)/t23-/m1/s1. The van der Waals surface area contributed by atoms with Gasteiger partial charge in [-0.3, -0.25) is 4.79 Å². The number of carbonyl (C=O) groups is 2. The maximum absolute atomic E-state index is 13.3. The quantitative estimate of drug-likeness (QED) is 0.581. The van der Waals surface area contributed by atoms with Gasteiger partial charge in [0.25, 0.3) is 0 Å². The maximum atomic E-state index is 13.3. The van der Waals surface area contributed by atoms with E-state index in [1.165, 1.54) is 12.0 Å². The van der Waals surface area contributed by atoms with E-state index >= 15 is 0 Å². The second-order valence-electron chi connectivity index (χ2n) is 10.8. The molecule has 0 bridgehead atoms. The van der Waals surface area contributed by atoms with Gasteiger partial charge in [-0.15, -0.1) is 0 Å². The van der Waals surface area contributed by atoms with Crippen LogP contribution in [-0.2, 0) is 10.2 Å². The minimum atomic E-state index is -0.442. The Morgan fingerprint density at radius 1 is 1.19 bits per heavy atom. The summed E-state index contributed by atoms with van der Waals surface area (Å²) >= 11 is 0. The lowest BCUT2D eigenvalue weighted by molar-refractivity contribution is -0.138. The minimum absolute atomic E-state index is 0.141. The van der Waals surface area contributed by atoms with Gasteiger partial charge < -0.3 is 29.9 Å². The number of aromatic nitrogens is 1. The molecule has 1 spiro atoms. The molecule has 3 heterocycles. The summed E-state index contributed by atoms with van der Waals surface area (Å²) in [6.45, 7) is 4.41. The number of urea groups is 1. The Balaban J connectivity index is 1.50. The van der Waals surface area contributed by atoms with E-state index in [0.717, 1.165) is 67.3 Å². The number of aliphatic hydroxyl groups is 1. The molecule has 1 saturated carbocycles. The number of methoxy groups -OCH3 is 1. The second kappa shape index (κ2) is 10.3. The summed E-state index contributed by atoms with van der Waals surface area (Å²) in [4.78, 5) is 34.0. The van der Waals surface area contributed by atoms with Crippen molar-refractivity contribution in [1.82, 2.24) is 20.1 Å². The first-order valence-electron chi connectivity index (χ1n) is 13.7. The van der Waals surface area contributed by atoms with Crippen molar-refractivity contribution < 1.29 is 19.4 Å². The number of nitrogens with one attached hydrogen (secondary N) is 2. The van der Waals surface area contributed by atoms with Gasteiger partial charge in [-0.05, 0) is 49.8 Å². The number of aliphatic hydroxyl groups excluding tert-OH is 1. The number of carbonyl (C=O) groups excluding carboxylic acids is 2. The Bertz CT molecular complexity index is 1100. The van der Waals surface area contributed by atoms with Gasteiger partial charge in [0, 0.05) is 60.2 Å². The first-order chi connectivity index (χ1) is 17.5. The summed E-state index contributed by atoms with van der Waals surface area (Å²) in [7, 11) is 1.65. The molecule has 5 rings (SSSR count). The van der Waals surface area contributed by atoms with Crippen LogP contribution in [0, 0.1) is 5.92 Å². The van der Waals surface area contributed by atoms with Gasteiger partial charge in [0.2, 0.25) is 5.91 Å². The number of amides is 3. The van der Waals surface area contributed by atoms with Gasteiger partial charge in [0.05, 0.1) is 19.8 Å². The molecule has 36 heavy (non-hydrogen) atoms. The van der Waals surface area contributed by atoms with Crippen molar-refractivity contribution in [2.24, 2.45) is 5.92 Å². The predicted octanol–water partition coefficient (Wildman–Crippen LogP) is 4.09. The molecular weight excluding hydrogens is 456 g/mol. The molecule has 0 radical (unpaired) electrons. The Morgan fingerprint density at radius 2 is 1.94 bits per heavy atom. The molecule has 1 saturated heterocycles. The molecule has 196 valence electrons. The molecule has 3 aliphatic rings. The largest absolute Gasteiger partial charge is 0.497 e. The van der Waals surface area contributed by atoms with Crippen molar-refractivity contribution in [3.63, 3.8) is 0 Å². The van der Waals surface area contributed by atoms with Crippen LogP contribution < -0.4 is 10.1 Å². The Labute approximate surface area is 213 Å². The fourth-order valence-corrected chi connectivity index (χ4v) is 6.72. The highest BCUT2D eigenvalue weighted by molar-refractivity contribution is 5.89. The SMILES string of the molecule is CCCNC(=O)N1CC2(CCN(C(=O)C3CCCCC3)CC2)c2c([nH]c3cc(OC)ccc23)[C@H]1CO. The van der Waals surface area contributed by atoms with Gasteiger partial charge >= 0.3 is 6.03 Å². The highest BCUT2D eigenvalue weighted by Gasteiger charge is 2.49. The van der Waals surface area contributed by atoms with Crippen LogP contribution >= 0.6 is 0 Å². The van der Waals surface area contributed by atoms with Gasteiger partial charge in [-0.2, -0.15) is 0 Å². The average molecular weight is 497 g/mol. The van der Waals surface area contributed by atoms with Crippen LogP contribution in [0.3, 0.4) is 0 Å². The zero-order valence-corrected chi connectivity index (χ0v) is 21.6. The number of hydrogen-bond acceptors (Lipinski definition) is 4. The lowest BCUT2D eigenvalue weighted by Crippen LogP contribution is -2.58. The van der Waals surface area contributed by atoms with Crippen LogP contribution in [0.15, 0.2) is 18.2 Å². The third kappa shape index (κ3) is 4.33. The number of likely N-dealkylation sites (tertiary alicyclic amines) is 1. The number of H-pyrrole nitrogens is 1. The predicted molar refractivity (Wildman–Crippen MR) is 139 cm³/mol. The number of fused-ring (bicyclic) bond motifs is 4. The molecule has 0 unspecified atom stereocenters. The van der Waals surface area contributed by atoms with Crippen LogP contribution in [0.4, 0.5) is 4.79 Å². The van der Waals surface area contributed by atoms with Crippen molar-refractivity contribution >= 4 is 22.8 Å². The summed E-state index contributed by atoms with van der Waals surface area (Å²) in [6, 6.07) is 5.46. The number of rotatable bonds is 5. The van der Waals surface area contributed by atoms with E-state index in [1.807, 2.05) is 24.0 Å². The zero-order chi connectivity index (χ0) is 25.3. The average Bonchev–Trinajstić information content (AvgIpc) is 3.31. The smallest absolute Gasteiger partial charge is 0.318 e. The summed E-state index contributed by atoms with van der Waals surface area (Å²) in [5, 5.41) is 14.6. The molecular formula is C28H40N4O4. The summed E-state index contributed by atoms with van der Waals surface area (Å²) in [5.41, 5.74) is 2.78. The summed E-state index contributed by atoms with van der Waals surface area (Å²) in [5.74, 6) is 1.25. The van der Waals surface area contributed by atoms with E-state index in [0.29, 0.717) is 32.1 Å². The number of nitrogens with zero attached hydrogens (tertiary/aromatic N) is 2.